The number of hydrogen-bond acceptors (Lipinski definition) is 4. The van der Waals surface area contributed by atoms with Gasteiger partial charge in [0.1, 0.15) is 6.61 Å². The summed E-state index contributed by atoms with van der Waals surface area (Å²) in [7, 11) is -1.30. The molecule has 22 heavy (non-hydrogen) atoms. The van der Waals surface area contributed by atoms with Gasteiger partial charge in [0, 0.05) is 12.0 Å². The Morgan fingerprint density at radius 3 is 2.64 bits per heavy atom. The molecule has 2 aromatic carbocycles. The molecule has 1 aliphatic rings. The number of halogens is 2. The number of nitrogens with two attached hydrogens (primary N) is 1. The Kier molecular flexibility index (Phi) is 5.42. The second-order valence-corrected chi connectivity index (χ2v) is 4.87. The van der Waals surface area contributed by atoms with Crippen molar-refractivity contribution in [3.63, 3.8) is 0 Å². The molecule has 0 spiro atoms. The van der Waals surface area contributed by atoms with Crippen LogP contribution in [-0.2, 0) is 11.3 Å². The third kappa shape index (κ3) is 3.10. The highest BCUT2D eigenvalue weighted by atomic mass is 35.5. The molecule has 1 heterocycles. The molecular weight excluding hydrogens is 307 g/mol. The van der Waals surface area contributed by atoms with Crippen LogP contribution in [-0.4, -0.2) is 18.7 Å². The molecule has 1 unspecified atom stereocenters. The molecule has 3 N–H and O–H groups in total. The summed E-state index contributed by atoms with van der Waals surface area (Å²) < 4.78 is 25.1. The average Bonchev–Trinajstić information content (AvgIpc) is 2.84. The lowest BCUT2D eigenvalue weighted by molar-refractivity contribution is 0.198. The lowest BCUT2D eigenvalue weighted by Crippen LogP contribution is -2.31. The van der Waals surface area contributed by atoms with Crippen molar-refractivity contribution < 1.29 is 18.8 Å². The first-order valence-electron chi connectivity index (χ1n) is 6.73. The van der Waals surface area contributed by atoms with Gasteiger partial charge in [0.15, 0.2) is 11.6 Å². The van der Waals surface area contributed by atoms with Gasteiger partial charge >= 0.3 is 7.12 Å². The zero-order valence-corrected chi connectivity index (χ0v) is 12.6. The van der Waals surface area contributed by atoms with Crippen LogP contribution in [0.4, 0.5) is 4.39 Å². The van der Waals surface area contributed by atoms with E-state index in [0.717, 1.165) is 5.56 Å². The van der Waals surface area contributed by atoms with E-state index >= 15 is 0 Å². The van der Waals surface area contributed by atoms with Crippen LogP contribution < -0.4 is 15.9 Å². The normalized spacial score (nSPS) is 16.1. The summed E-state index contributed by atoms with van der Waals surface area (Å²) in [6.45, 7) is 0.446. The van der Waals surface area contributed by atoms with Gasteiger partial charge in [-0.1, -0.05) is 36.4 Å². The van der Waals surface area contributed by atoms with Crippen molar-refractivity contribution in [1.29, 1.82) is 0 Å². The molecule has 0 aromatic heterocycles. The number of benzene rings is 2. The van der Waals surface area contributed by atoms with Crippen LogP contribution in [0.5, 0.6) is 5.75 Å². The minimum absolute atomic E-state index is 0. The summed E-state index contributed by atoms with van der Waals surface area (Å²) in [6, 6.07) is 12.7. The molecule has 1 atom stereocenters. The first kappa shape index (κ1) is 16.8. The van der Waals surface area contributed by atoms with Crippen molar-refractivity contribution in [1.82, 2.24) is 0 Å². The summed E-state index contributed by atoms with van der Waals surface area (Å²) >= 11 is 0. The number of ether oxygens (including phenoxy) is 1. The summed E-state index contributed by atoms with van der Waals surface area (Å²) in [5, 5.41) is 9.80. The van der Waals surface area contributed by atoms with Crippen molar-refractivity contribution in [3.05, 3.63) is 59.4 Å². The molecular formula is C15H16BClFNO3. The fourth-order valence-electron chi connectivity index (χ4n) is 2.45. The predicted octanol–water partition coefficient (Wildman–Crippen LogP) is 1.54. The average molecular weight is 324 g/mol. The van der Waals surface area contributed by atoms with E-state index in [2.05, 4.69) is 0 Å². The monoisotopic (exact) mass is 323 g/mol. The minimum Gasteiger partial charge on any atom is -0.486 e. The highest BCUT2D eigenvalue weighted by molar-refractivity contribution is 6.62. The molecule has 0 saturated heterocycles. The van der Waals surface area contributed by atoms with Crippen LogP contribution in [0.3, 0.4) is 0 Å². The van der Waals surface area contributed by atoms with E-state index in [1.807, 2.05) is 30.3 Å². The van der Waals surface area contributed by atoms with E-state index < -0.39 is 19.0 Å². The minimum atomic E-state index is -1.30. The van der Waals surface area contributed by atoms with Crippen LogP contribution in [0.15, 0.2) is 42.5 Å². The summed E-state index contributed by atoms with van der Waals surface area (Å²) in [6.07, 6.45) is -0.479. The van der Waals surface area contributed by atoms with E-state index in [9.17, 15) is 9.41 Å². The highest BCUT2D eigenvalue weighted by Gasteiger charge is 2.38. The smallest absolute Gasteiger partial charge is 0.486 e. The van der Waals surface area contributed by atoms with Gasteiger partial charge in [-0.15, -0.1) is 12.4 Å². The van der Waals surface area contributed by atoms with Gasteiger partial charge in [0.05, 0.1) is 6.10 Å². The molecule has 0 saturated carbocycles. The molecule has 1 aliphatic heterocycles. The van der Waals surface area contributed by atoms with Crippen LogP contribution in [0, 0.1) is 5.82 Å². The van der Waals surface area contributed by atoms with Gasteiger partial charge in [-0.2, -0.15) is 0 Å². The maximum Gasteiger partial charge on any atom is 0.495 e. The Morgan fingerprint density at radius 2 is 1.95 bits per heavy atom. The molecule has 0 fully saturated rings. The van der Waals surface area contributed by atoms with Gasteiger partial charge in [-0.3, -0.25) is 0 Å². The van der Waals surface area contributed by atoms with Crippen LogP contribution in [0.2, 0.25) is 0 Å². The number of fused-ring (bicyclic) bond motifs is 1. The third-order valence-corrected chi connectivity index (χ3v) is 3.52. The largest absolute Gasteiger partial charge is 0.495 e. The molecule has 4 nitrogen and oxygen atoms in total. The van der Waals surface area contributed by atoms with Crippen molar-refractivity contribution in [2.24, 2.45) is 5.73 Å². The second-order valence-electron chi connectivity index (χ2n) is 4.87. The van der Waals surface area contributed by atoms with E-state index in [-0.39, 0.29) is 36.8 Å². The van der Waals surface area contributed by atoms with Gasteiger partial charge < -0.3 is 20.1 Å². The van der Waals surface area contributed by atoms with Crippen molar-refractivity contribution >= 4 is 25.0 Å². The maximum absolute atomic E-state index is 14.4. The van der Waals surface area contributed by atoms with Gasteiger partial charge in [-0.05, 0) is 17.2 Å². The Labute approximate surface area is 134 Å². The lowest BCUT2D eigenvalue weighted by Gasteiger charge is -2.11. The first-order chi connectivity index (χ1) is 10.2. The Hall–Kier alpha value is -1.60. The van der Waals surface area contributed by atoms with Crippen molar-refractivity contribution in [3.8, 4) is 5.75 Å². The SMILES string of the molecule is Cl.NCC1OB(O)c2c1ccc(OCc1ccccc1)c2F. The van der Waals surface area contributed by atoms with Crippen molar-refractivity contribution in [2.45, 2.75) is 12.7 Å². The Morgan fingerprint density at radius 1 is 1.23 bits per heavy atom. The standard InChI is InChI=1S/C15H15BFNO3.ClH/c17-15-12(20-9-10-4-2-1-3-5-10)7-6-11-13(8-18)21-16(19)14(11)15;/h1-7,13,19H,8-9,18H2;1H. The van der Waals surface area contributed by atoms with E-state index in [1.54, 1.807) is 12.1 Å². The van der Waals surface area contributed by atoms with Gasteiger partial charge in [-0.25, -0.2) is 4.39 Å². The molecule has 0 bridgehead atoms. The summed E-state index contributed by atoms with van der Waals surface area (Å²) in [4.78, 5) is 0. The highest BCUT2D eigenvalue weighted by Crippen LogP contribution is 2.28. The summed E-state index contributed by atoms with van der Waals surface area (Å²) in [5.74, 6) is -0.496. The molecule has 3 rings (SSSR count). The van der Waals surface area contributed by atoms with E-state index in [0.29, 0.717) is 5.56 Å². The molecule has 7 heteroatoms. The lowest BCUT2D eigenvalue weighted by atomic mass is 9.78. The quantitative estimate of drug-likeness (QED) is 0.838. The topological polar surface area (TPSA) is 64.7 Å². The van der Waals surface area contributed by atoms with Crippen LogP contribution in [0.25, 0.3) is 0 Å². The van der Waals surface area contributed by atoms with Crippen LogP contribution in [0.1, 0.15) is 17.2 Å². The first-order valence-corrected chi connectivity index (χ1v) is 6.73. The maximum atomic E-state index is 14.4. The molecule has 0 aliphatic carbocycles. The molecule has 0 amide bonds. The third-order valence-electron chi connectivity index (χ3n) is 3.52. The fraction of sp³-hybridized carbons (Fsp3) is 0.200. The van der Waals surface area contributed by atoms with Crippen molar-refractivity contribution in [2.75, 3.05) is 6.54 Å². The van der Waals surface area contributed by atoms with Gasteiger partial charge in [0.2, 0.25) is 0 Å². The van der Waals surface area contributed by atoms with Gasteiger partial charge in [0.25, 0.3) is 0 Å². The zero-order chi connectivity index (χ0) is 14.8. The Balaban J connectivity index is 0.00000176. The van der Waals surface area contributed by atoms with E-state index in [1.165, 1.54) is 0 Å². The molecule has 116 valence electrons. The zero-order valence-electron chi connectivity index (χ0n) is 11.7. The predicted molar refractivity (Wildman–Crippen MR) is 84.9 cm³/mol. The van der Waals surface area contributed by atoms with Crippen LogP contribution >= 0.6 is 12.4 Å². The summed E-state index contributed by atoms with van der Waals surface area (Å²) in [5.41, 5.74) is 7.18. The Bertz CT molecular complexity index is 644. The number of rotatable bonds is 4. The fourth-order valence-corrected chi connectivity index (χ4v) is 2.45. The second kappa shape index (κ2) is 7.11. The molecule has 2 aromatic rings. The number of hydrogen-bond donors (Lipinski definition) is 2. The molecule has 0 radical (unpaired) electrons. The van der Waals surface area contributed by atoms with E-state index in [4.69, 9.17) is 15.1 Å².